The van der Waals surface area contributed by atoms with Gasteiger partial charge < -0.3 is 9.88 Å². The SMILES string of the molecule is Cc1csc(Cn2ccnc2CNC(C)C)n1. The predicted octanol–water partition coefficient (Wildman–Crippen LogP) is 2.19. The van der Waals surface area contributed by atoms with Crippen molar-refractivity contribution < 1.29 is 0 Å². The van der Waals surface area contributed by atoms with Crippen molar-refractivity contribution in [2.45, 2.75) is 39.9 Å². The van der Waals surface area contributed by atoms with E-state index in [1.807, 2.05) is 19.3 Å². The van der Waals surface area contributed by atoms with Crippen molar-refractivity contribution in [2.75, 3.05) is 0 Å². The number of imidazole rings is 1. The highest BCUT2D eigenvalue weighted by molar-refractivity contribution is 7.09. The van der Waals surface area contributed by atoms with Gasteiger partial charge >= 0.3 is 0 Å². The highest BCUT2D eigenvalue weighted by Gasteiger charge is 2.06. The Morgan fingerprint density at radius 1 is 1.47 bits per heavy atom. The molecule has 0 amide bonds. The molecule has 0 saturated heterocycles. The summed E-state index contributed by atoms with van der Waals surface area (Å²) in [4.78, 5) is 8.84. The van der Waals surface area contributed by atoms with E-state index in [0.29, 0.717) is 6.04 Å². The van der Waals surface area contributed by atoms with Crippen LogP contribution in [0.4, 0.5) is 0 Å². The zero-order valence-electron chi connectivity index (χ0n) is 10.5. The van der Waals surface area contributed by atoms with E-state index in [0.717, 1.165) is 29.6 Å². The lowest BCUT2D eigenvalue weighted by Gasteiger charge is -2.09. The molecule has 92 valence electrons. The molecule has 0 aliphatic carbocycles. The van der Waals surface area contributed by atoms with Gasteiger partial charge in [-0.05, 0) is 6.92 Å². The van der Waals surface area contributed by atoms with Crippen molar-refractivity contribution in [3.63, 3.8) is 0 Å². The Morgan fingerprint density at radius 3 is 2.94 bits per heavy atom. The summed E-state index contributed by atoms with van der Waals surface area (Å²) >= 11 is 1.70. The smallest absolute Gasteiger partial charge is 0.123 e. The fourth-order valence-corrected chi connectivity index (χ4v) is 2.34. The average molecular weight is 250 g/mol. The van der Waals surface area contributed by atoms with Crippen LogP contribution in [0.5, 0.6) is 0 Å². The molecule has 0 bridgehead atoms. The number of rotatable bonds is 5. The van der Waals surface area contributed by atoms with E-state index < -0.39 is 0 Å². The second-order valence-electron chi connectivity index (χ2n) is 4.39. The molecular weight excluding hydrogens is 232 g/mol. The molecule has 0 aliphatic heterocycles. The van der Waals surface area contributed by atoms with Gasteiger partial charge in [0.05, 0.1) is 13.1 Å². The molecule has 2 heterocycles. The minimum Gasteiger partial charge on any atom is -0.327 e. The summed E-state index contributed by atoms with van der Waals surface area (Å²) in [6.45, 7) is 7.91. The van der Waals surface area contributed by atoms with Crippen LogP contribution in [-0.4, -0.2) is 20.6 Å². The van der Waals surface area contributed by atoms with Gasteiger partial charge in [0.2, 0.25) is 0 Å². The third-order valence-corrected chi connectivity index (χ3v) is 3.39. The van der Waals surface area contributed by atoms with Crippen molar-refractivity contribution in [2.24, 2.45) is 0 Å². The standard InChI is InChI=1S/C12H18N4S/c1-9(2)14-6-11-13-4-5-16(11)7-12-15-10(3)8-17-12/h4-5,8-9,14H,6-7H2,1-3H3. The van der Waals surface area contributed by atoms with Crippen LogP contribution in [0.2, 0.25) is 0 Å². The number of thiazole rings is 1. The Morgan fingerprint density at radius 2 is 2.29 bits per heavy atom. The second kappa shape index (κ2) is 5.42. The van der Waals surface area contributed by atoms with E-state index in [1.54, 1.807) is 11.3 Å². The largest absolute Gasteiger partial charge is 0.327 e. The second-order valence-corrected chi connectivity index (χ2v) is 5.33. The van der Waals surface area contributed by atoms with Crippen LogP contribution in [0.15, 0.2) is 17.8 Å². The Balaban J connectivity index is 2.03. The normalized spacial score (nSPS) is 11.3. The number of hydrogen-bond donors (Lipinski definition) is 1. The summed E-state index contributed by atoms with van der Waals surface area (Å²) in [5.74, 6) is 1.06. The molecule has 2 rings (SSSR count). The van der Waals surface area contributed by atoms with Gasteiger partial charge in [-0.15, -0.1) is 11.3 Å². The molecular formula is C12H18N4S. The number of hydrogen-bond acceptors (Lipinski definition) is 4. The van der Waals surface area contributed by atoms with Crippen molar-refractivity contribution in [1.82, 2.24) is 19.9 Å². The molecule has 0 aliphatic rings. The first kappa shape index (κ1) is 12.3. The first-order chi connectivity index (χ1) is 8.15. The van der Waals surface area contributed by atoms with Gasteiger partial charge in [0, 0.05) is 29.5 Å². The maximum Gasteiger partial charge on any atom is 0.123 e. The zero-order valence-corrected chi connectivity index (χ0v) is 11.3. The van der Waals surface area contributed by atoms with Gasteiger partial charge in [0.25, 0.3) is 0 Å². The molecule has 1 N–H and O–H groups in total. The van der Waals surface area contributed by atoms with Crippen LogP contribution in [0.3, 0.4) is 0 Å². The van der Waals surface area contributed by atoms with Crippen LogP contribution in [0, 0.1) is 6.92 Å². The average Bonchev–Trinajstić information content (AvgIpc) is 2.86. The van der Waals surface area contributed by atoms with E-state index >= 15 is 0 Å². The molecule has 0 fully saturated rings. The van der Waals surface area contributed by atoms with E-state index in [1.165, 1.54) is 0 Å². The number of aromatic nitrogens is 3. The van der Waals surface area contributed by atoms with Crippen LogP contribution in [0.25, 0.3) is 0 Å². The minimum absolute atomic E-state index is 0.474. The molecule has 0 radical (unpaired) electrons. The van der Waals surface area contributed by atoms with Crippen LogP contribution in [0.1, 0.15) is 30.4 Å². The fourth-order valence-electron chi connectivity index (χ4n) is 1.57. The molecule has 5 heteroatoms. The Kier molecular flexibility index (Phi) is 3.91. The summed E-state index contributed by atoms with van der Waals surface area (Å²) in [7, 11) is 0. The summed E-state index contributed by atoms with van der Waals surface area (Å²) < 4.78 is 2.15. The lowest BCUT2D eigenvalue weighted by atomic mass is 10.4. The van der Waals surface area contributed by atoms with Gasteiger partial charge in [-0.2, -0.15) is 0 Å². The van der Waals surface area contributed by atoms with Gasteiger partial charge in [0.15, 0.2) is 0 Å². The zero-order chi connectivity index (χ0) is 12.3. The van der Waals surface area contributed by atoms with Crippen molar-refractivity contribution in [3.05, 3.63) is 34.3 Å². The van der Waals surface area contributed by atoms with Crippen LogP contribution in [-0.2, 0) is 13.1 Å². The third kappa shape index (κ3) is 3.38. The summed E-state index contributed by atoms with van der Waals surface area (Å²) in [6.07, 6.45) is 3.85. The van der Waals surface area contributed by atoms with Crippen molar-refractivity contribution in [3.8, 4) is 0 Å². The monoisotopic (exact) mass is 250 g/mol. The first-order valence-electron chi connectivity index (χ1n) is 5.79. The molecule has 0 aromatic carbocycles. The first-order valence-corrected chi connectivity index (χ1v) is 6.67. The molecule has 0 atom stereocenters. The lowest BCUT2D eigenvalue weighted by molar-refractivity contribution is 0.554. The molecule has 0 unspecified atom stereocenters. The van der Waals surface area contributed by atoms with Crippen LogP contribution >= 0.6 is 11.3 Å². The van der Waals surface area contributed by atoms with Gasteiger partial charge in [-0.25, -0.2) is 9.97 Å². The molecule has 4 nitrogen and oxygen atoms in total. The minimum atomic E-state index is 0.474. The summed E-state index contributed by atoms with van der Waals surface area (Å²) in [6, 6.07) is 0.474. The maximum absolute atomic E-state index is 4.47. The topological polar surface area (TPSA) is 42.7 Å². The Hall–Kier alpha value is -1.20. The molecule has 0 saturated carbocycles. The number of nitrogens with one attached hydrogen (secondary N) is 1. The Bertz CT molecular complexity index is 472. The third-order valence-electron chi connectivity index (χ3n) is 2.44. The number of nitrogens with zero attached hydrogens (tertiary/aromatic N) is 3. The van der Waals surface area contributed by atoms with Gasteiger partial charge in [-0.1, -0.05) is 13.8 Å². The summed E-state index contributed by atoms with van der Waals surface area (Å²) in [5, 5.41) is 6.59. The van der Waals surface area contributed by atoms with Gasteiger partial charge in [-0.3, -0.25) is 0 Å². The fraction of sp³-hybridized carbons (Fsp3) is 0.500. The molecule has 2 aromatic rings. The van der Waals surface area contributed by atoms with Crippen molar-refractivity contribution >= 4 is 11.3 Å². The predicted molar refractivity (Wildman–Crippen MR) is 70.2 cm³/mol. The molecule has 17 heavy (non-hydrogen) atoms. The summed E-state index contributed by atoms with van der Waals surface area (Å²) in [5.41, 5.74) is 1.09. The van der Waals surface area contributed by atoms with Gasteiger partial charge in [0.1, 0.15) is 10.8 Å². The van der Waals surface area contributed by atoms with E-state index in [9.17, 15) is 0 Å². The Labute approximate surface area is 106 Å². The molecule has 0 spiro atoms. The number of aryl methyl sites for hydroxylation is 1. The van der Waals surface area contributed by atoms with E-state index in [-0.39, 0.29) is 0 Å². The highest BCUT2D eigenvalue weighted by Crippen LogP contribution is 2.11. The lowest BCUT2D eigenvalue weighted by Crippen LogP contribution is -2.24. The van der Waals surface area contributed by atoms with Crippen molar-refractivity contribution in [1.29, 1.82) is 0 Å². The quantitative estimate of drug-likeness (QED) is 0.884. The molecule has 2 aromatic heterocycles. The van der Waals surface area contributed by atoms with Crippen LogP contribution < -0.4 is 5.32 Å². The van der Waals surface area contributed by atoms with E-state index in [2.05, 4.69) is 39.1 Å². The van der Waals surface area contributed by atoms with E-state index in [4.69, 9.17) is 0 Å². The maximum atomic E-state index is 4.47. The highest BCUT2D eigenvalue weighted by atomic mass is 32.1.